The van der Waals surface area contributed by atoms with Crippen LogP contribution in [0.25, 0.3) is 0 Å². The Bertz CT molecular complexity index is 910. The van der Waals surface area contributed by atoms with Crippen LogP contribution in [0.4, 0.5) is 5.69 Å². The van der Waals surface area contributed by atoms with Crippen LogP contribution in [0.2, 0.25) is 5.02 Å². The van der Waals surface area contributed by atoms with Crippen molar-refractivity contribution in [2.75, 3.05) is 44.2 Å². The van der Waals surface area contributed by atoms with Crippen molar-refractivity contribution >= 4 is 23.3 Å². The topological polar surface area (TPSA) is 45.3 Å². The zero-order chi connectivity index (χ0) is 22.1. The fourth-order valence-electron chi connectivity index (χ4n) is 7.54. The fraction of sp³-hybridized carbons (Fsp3) is 0.731. The van der Waals surface area contributed by atoms with Gasteiger partial charge in [-0.3, -0.25) is 9.69 Å². The van der Waals surface area contributed by atoms with Gasteiger partial charge in [0.2, 0.25) is 0 Å². The fourth-order valence-corrected chi connectivity index (χ4v) is 7.70. The molecule has 6 heteroatoms. The molecule has 32 heavy (non-hydrogen) atoms. The third kappa shape index (κ3) is 3.47. The summed E-state index contributed by atoms with van der Waals surface area (Å²) >= 11 is 6.24. The molecule has 2 saturated carbocycles. The standard InChI is InChI=1S/C26H35ClN2O3/c1-17-4-5-18(27)12-21(17)29-10-8-28(9-11-29)15-20-19-13-23-25(2,14-22(19)32-24(20)30)6-3-7-26(23)16-31-26/h4-5,12,19-20,22-23H,3,6-11,13-16H2,1-2H3/t19-,20-,22+,23-,25+,26+/m0/s1. The molecular formula is C26H35ClN2O3. The zero-order valence-electron chi connectivity index (χ0n) is 19.3. The highest BCUT2D eigenvalue weighted by molar-refractivity contribution is 6.30. The number of nitrogens with zero attached hydrogens (tertiary/aromatic N) is 2. The van der Waals surface area contributed by atoms with E-state index in [2.05, 4.69) is 35.8 Å². The summed E-state index contributed by atoms with van der Waals surface area (Å²) < 4.78 is 12.1. The lowest BCUT2D eigenvalue weighted by atomic mass is 9.53. The van der Waals surface area contributed by atoms with Gasteiger partial charge in [0.05, 0.1) is 18.1 Å². The first-order valence-electron chi connectivity index (χ1n) is 12.4. The molecule has 6 atom stereocenters. The van der Waals surface area contributed by atoms with Crippen LogP contribution in [-0.4, -0.2) is 61.9 Å². The molecule has 3 heterocycles. The number of hydrogen-bond acceptors (Lipinski definition) is 5. The van der Waals surface area contributed by atoms with Gasteiger partial charge in [-0.2, -0.15) is 0 Å². The number of fused-ring (bicyclic) bond motifs is 3. The van der Waals surface area contributed by atoms with E-state index in [-0.39, 0.29) is 29.0 Å². The van der Waals surface area contributed by atoms with Gasteiger partial charge in [0.1, 0.15) is 6.10 Å². The van der Waals surface area contributed by atoms with Crippen LogP contribution in [0.5, 0.6) is 0 Å². The summed E-state index contributed by atoms with van der Waals surface area (Å²) in [5, 5.41) is 0.789. The number of aryl methyl sites for hydroxylation is 1. The maximum atomic E-state index is 13.0. The van der Waals surface area contributed by atoms with E-state index in [9.17, 15) is 4.79 Å². The average Bonchev–Trinajstić information content (AvgIpc) is 3.47. The van der Waals surface area contributed by atoms with Gasteiger partial charge < -0.3 is 14.4 Å². The zero-order valence-corrected chi connectivity index (χ0v) is 20.1. The number of benzene rings is 1. The van der Waals surface area contributed by atoms with Crippen molar-refractivity contribution in [2.45, 2.75) is 57.7 Å². The smallest absolute Gasteiger partial charge is 0.310 e. The normalized spacial score (nSPS) is 41.3. The Hall–Kier alpha value is -1.30. The number of halogens is 1. The highest BCUT2D eigenvalue weighted by Gasteiger charge is 2.65. The number of carbonyl (C=O) groups excluding carboxylic acids is 1. The Morgan fingerprint density at radius 1 is 1.19 bits per heavy atom. The van der Waals surface area contributed by atoms with Gasteiger partial charge in [0.15, 0.2) is 0 Å². The Labute approximate surface area is 196 Å². The van der Waals surface area contributed by atoms with Crippen molar-refractivity contribution in [1.29, 1.82) is 0 Å². The predicted molar refractivity (Wildman–Crippen MR) is 125 cm³/mol. The van der Waals surface area contributed by atoms with E-state index in [4.69, 9.17) is 21.1 Å². The summed E-state index contributed by atoms with van der Waals surface area (Å²) in [7, 11) is 0. The van der Waals surface area contributed by atoms with E-state index in [0.717, 1.165) is 57.2 Å². The van der Waals surface area contributed by atoms with E-state index in [1.807, 2.05) is 6.07 Å². The molecule has 174 valence electrons. The van der Waals surface area contributed by atoms with Crippen LogP contribution >= 0.6 is 11.6 Å². The van der Waals surface area contributed by atoms with Gasteiger partial charge >= 0.3 is 5.97 Å². The first-order valence-corrected chi connectivity index (χ1v) is 12.8. The number of carbonyl (C=O) groups is 1. The quantitative estimate of drug-likeness (QED) is 0.499. The summed E-state index contributed by atoms with van der Waals surface area (Å²) in [6.45, 7) is 10.2. The van der Waals surface area contributed by atoms with E-state index in [0.29, 0.717) is 11.8 Å². The van der Waals surface area contributed by atoms with Crippen molar-refractivity contribution < 1.29 is 14.3 Å². The second-order valence-corrected chi connectivity index (χ2v) is 11.8. The van der Waals surface area contributed by atoms with Crippen LogP contribution in [0, 0.1) is 30.1 Å². The first kappa shape index (κ1) is 21.2. The third-order valence-electron chi connectivity index (χ3n) is 9.42. The summed E-state index contributed by atoms with van der Waals surface area (Å²) in [4.78, 5) is 17.9. The van der Waals surface area contributed by atoms with E-state index in [1.54, 1.807) is 0 Å². The molecule has 0 amide bonds. The van der Waals surface area contributed by atoms with E-state index < -0.39 is 0 Å². The average molecular weight is 459 g/mol. The Morgan fingerprint density at radius 3 is 2.72 bits per heavy atom. The van der Waals surface area contributed by atoms with E-state index in [1.165, 1.54) is 30.5 Å². The van der Waals surface area contributed by atoms with Gasteiger partial charge in [0.25, 0.3) is 0 Å². The number of rotatable bonds is 3. The highest BCUT2D eigenvalue weighted by Crippen LogP contribution is 2.62. The maximum absolute atomic E-state index is 13.0. The third-order valence-corrected chi connectivity index (χ3v) is 9.65. The molecule has 3 aliphatic heterocycles. The number of hydrogen-bond donors (Lipinski definition) is 0. The van der Waals surface area contributed by atoms with Crippen LogP contribution in [0.15, 0.2) is 18.2 Å². The van der Waals surface area contributed by atoms with Crippen LogP contribution < -0.4 is 4.90 Å². The lowest BCUT2D eigenvalue weighted by Gasteiger charge is -2.51. The van der Waals surface area contributed by atoms with Crippen LogP contribution in [0.3, 0.4) is 0 Å². The minimum absolute atomic E-state index is 0.0155. The molecule has 1 aromatic carbocycles. The van der Waals surface area contributed by atoms with Gasteiger partial charge in [-0.05, 0) is 68.1 Å². The summed E-state index contributed by atoms with van der Waals surface area (Å²) in [6, 6.07) is 6.12. The molecule has 5 fully saturated rings. The molecule has 6 rings (SSSR count). The Morgan fingerprint density at radius 2 is 1.97 bits per heavy atom. The number of esters is 1. The number of epoxide rings is 1. The van der Waals surface area contributed by atoms with Crippen LogP contribution in [-0.2, 0) is 14.3 Å². The largest absolute Gasteiger partial charge is 0.462 e. The molecule has 3 saturated heterocycles. The molecular weight excluding hydrogens is 424 g/mol. The molecule has 0 radical (unpaired) electrons. The number of piperazine rings is 1. The van der Waals surface area contributed by atoms with Gasteiger partial charge in [-0.25, -0.2) is 0 Å². The SMILES string of the molecule is Cc1ccc(Cl)cc1N1CCN(C[C@@H]2C(=O)O[C@@H]3C[C@@]4(C)CCC[C@@]5(CO5)[C@H]4C[C@@H]23)CC1. The Kier molecular flexibility index (Phi) is 5.05. The van der Waals surface area contributed by atoms with Crippen molar-refractivity contribution in [3.63, 3.8) is 0 Å². The van der Waals surface area contributed by atoms with Crippen molar-refractivity contribution in [3.8, 4) is 0 Å². The van der Waals surface area contributed by atoms with Crippen molar-refractivity contribution in [3.05, 3.63) is 28.8 Å². The van der Waals surface area contributed by atoms with Crippen molar-refractivity contribution in [1.82, 2.24) is 4.90 Å². The molecule has 1 aromatic rings. The maximum Gasteiger partial charge on any atom is 0.310 e. The summed E-state index contributed by atoms with van der Waals surface area (Å²) in [5.41, 5.74) is 2.88. The molecule has 5 aliphatic rings. The second-order valence-electron chi connectivity index (χ2n) is 11.3. The lowest BCUT2D eigenvalue weighted by molar-refractivity contribution is -0.147. The molecule has 1 spiro atoms. The predicted octanol–water partition coefficient (Wildman–Crippen LogP) is 4.30. The summed E-state index contributed by atoms with van der Waals surface area (Å²) in [5.74, 6) is 1.00. The van der Waals surface area contributed by atoms with E-state index >= 15 is 0 Å². The molecule has 0 bridgehead atoms. The van der Waals surface area contributed by atoms with Gasteiger partial charge in [-0.15, -0.1) is 0 Å². The number of anilines is 1. The molecule has 0 unspecified atom stereocenters. The molecule has 0 N–H and O–H groups in total. The van der Waals surface area contributed by atoms with Crippen LogP contribution in [0.1, 0.15) is 44.6 Å². The molecule has 5 nitrogen and oxygen atoms in total. The Balaban J connectivity index is 1.12. The minimum atomic E-state index is 0.0155. The van der Waals surface area contributed by atoms with Gasteiger partial charge in [0, 0.05) is 49.4 Å². The van der Waals surface area contributed by atoms with Gasteiger partial charge in [-0.1, -0.05) is 24.6 Å². The molecule has 0 aromatic heterocycles. The minimum Gasteiger partial charge on any atom is -0.462 e. The molecule has 2 aliphatic carbocycles. The first-order chi connectivity index (χ1) is 15.4. The number of ether oxygens (including phenoxy) is 2. The van der Waals surface area contributed by atoms with Crippen molar-refractivity contribution in [2.24, 2.45) is 23.2 Å². The highest BCUT2D eigenvalue weighted by atomic mass is 35.5. The lowest BCUT2D eigenvalue weighted by Crippen LogP contribution is -2.52. The summed E-state index contributed by atoms with van der Waals surface area (Å²) in [6.07, 6.45) is 5.93. The monoisotopic (exact) mass is 458 g/mol. The second kappa shape index (κ2) is 7.61.